The number of esters is 1. The van der Waals surface area contributed by atoms with Crippen LogP contribution < -0.4 is 0 Å². The molecule has 0 aromatic heterocycles. The highest BCUT2D eigenvalue weighted by Crippen LogP contribution is 2.46. The number of piperidine rings is 2. The summed E-state index contributed by atoms with van der Waals surface area (Å²) in [6.45, 7) is 1.35. The van der Waals surface area contributed by atoms with E-state index in [0.29, 0.717) is 19.3 Å². The van der Waals surface area contributed by atoms with Crippen LogP contribution in [0, 0.1) is 0 Å². The van der Waals surface area contributed by atoms with Crippen molar-refractivity contribution >= 4 is 16.0 Å². The first-order chi connectivity index (χ1) is 11.0. The SMILES string of the molecule is CC(=O)O[C@@H]1[C@@H]2C[C@H]3C[C@H](C[C@@H]1N3S(=O)(=O)c1ccccc1)O2. The maximum absolute atomic E-state index is 13.1. The lowest BCUT2D eigenvalue weighted by molar-refractivity contribution is -0.227. The van der Waals surface area contributed by atoms with Crippen molar-refractivity contribution in [1.29, 1.82) is 0 Å². The van der Waals surface area contributed by atoms with E-state index in [1.165, 1.54) is 6.92 Å². The van der Waals surface area contributed by atoms with Crippen molar-refractivity contribution in [3.63, 3.8) is 0 Å². The van der Waals surface area contributed by atoms with Gasteiger partial charge in [0.1, 0.15) is 6.10 Å². The zero-order valence-electron chi connectivity index (χ0n) is 12.8. The van der Waals surface area contributed by atoms with Crippen molar-refractivity contribution in [2.45, 2.75) is 61.5 Å². The Labute approximate surface area is 135 Å². The largest absolute Gasteiger partial charge is 0.458 e. The number of ether oxygens (including phenoxy) is 2. The Bertz CT molecular complexity index is 719. The van der Waals surface area contributed by atoms with E-state index in [1.807, 2.05) is 0 Å². The Morgan fingerprint density at radius 3 is 2.65 bits per heavy atom. The molecule has 0 saturated carbocycles. The van der Waals surface area contributed by atoms with Crippen molar-refractivity contribution in [3.05, 3.63) is 30.3 Å². The van der Waals surface area contributed by atoms with Gasteiger partial charge < -0.3 is 9.47 Å². The molecule has 23 heavy (non-hydrogen) atoms. The molecule has 124 valence electrons. The van der Waals surface area contributed by atoms with Gasteiger partial charge in [0, 0.05) is 13.0 Å². The lowest BCUT2D eigenvalue weighted by atomic mass is 9.78. The van der Waals surface area contributed by atoms with Crippen molar-refractivity contribution in [3.8, 4) is 0 Å². The normalized spacial score (nSPS) is 36.1. The van der Waals surface area contributed by atoms with Crippen LogP contribution in [0.1, 0.15) is 26.2 Å². The number of nitrogens with zero attached hydrogens (tertiary/aromatic N) is 1. The van der Waals surface area contributed by atoms with Gasteiger partial charge in [0.25, 0.3) is 0 Å². The molecular weight excluding hydrogens is 318 g/mol. The fourth-order valence-electron chi connectivity index (χ4n) is 4.20. The van der Waals surface area contributed by atoms with E-state index in [-0.39, 0.29) is 29.2 Å². The van der Waals surface area contributed by atoms with Crippen LogP contribution in [-0.2, 0) is 24.3 Å². The predicted octanol–water partition coefficient (Wildman–Crippen LogP) is 1.31. The van der Waals surface area contributed by atoms with Crippen LogP contribution in [0.2, 0.25) is 0 Å². The Balaban J connectivity index is 1.72. The molecule has 4 heterocycles. The van der Waals surface area contributed by atoms with Gasteiger partial charge in [-0.15, -0.1) is 0 Å². The monoisotopic (exact) mass is 337 g/mol. The number of sulfonamides is 1. The highest BCUT2D eigenvalue weighted by atomic mass is 32.2. The van der Waals surface area contributed by atoms with Gasteiger partial charge in [0.05, 0.1) is 23.1 Å². The molecule has 0 radical (unpaired) electrons. The maximum Gasteiger partial charge on any atom is 0.303 e. The standard InChI is InChI=1S/C16H19NO5S/c1-10(18)21-16-14-9-12-7-11(8-15(16)22-12)17(14)23(19,20)13-5-3-2-4-6-13/h2-6,11-12,14-16H,7-9H2,1H3/t11-,12-,14+,15+,16+/m1/s1. The first kappa shape index (κ1) is 15.1. The van der Waals surface area contributed by atoms with Crippen LogP contribution in [-0.4, -0.2) is 49.1 Å². The van der Waals surface area contributed by atoms with E-state index in [9.17, 15) is 13.2 Å². The van der Waals surface area contributed by atoms with Crippen LogP contribution in [0.5, 0.6) is 0 Å². The summed E-state index contributed by atoms with van der Waals surface area (Å²) in [7, 11) is -3.61. The van der Waals surface area contributed by atoms with E-state index < -0.39 is 22.1 Å². The summed E-state index contributed by atoms with van der Waals surface area (Å²) in [5, 5.41) is 0. The first-order valence-electron chi connectivity index (χ1n) is 7.88. The Kier molecular flexibility index (Phi) is 3.48. The molecule has 4 aliphatic heterocycles. The number of rotatable bonds is 3. The molecule has 0 aliphatic carbocycles. The van der Waals surface area contributed by atoms with E-state index in [2.05, 4.69) is 0 Å². The van der Waals surface area contributed by atoms with E-state index in [1.54, 1.807) is 34.6 Å². The molecule has 0 spiro atoms. The van der Waals surface area contributed by atoms with Gasteiger partial charge in [0.2, 0.25) is 10.0 Å². The minimum atomic E-state index is -3.61. The second-order valence-corrected chi connectivity index (χ2v) is 8.29. The topological polar surface area (TPSA) is 72.9 Å². The van der Waals surface area contributed by atoms with E-state index >= 15 is 0 Å². The minimum Gasteiger partial charge on any atom is -0.458 e. The van der Waals surface area contributed by atoms with Crippen molar-refractivity contribution in [2.75, 3.05) is 0 Å². The van der Waals surface area contributed by atoms with Crippen LogP contribution in [0.4, 0.5) is 0 Å². The summed E-state index contributed by atoms with van der Waals surface area (Å²) in [5.74, 6) is -0.400. The van der Waals surface area contributed by atoms with Gasteiger partial charge in [-0.3, -0.25) is 4.79 Å². The summed E-state index contributed by atoms with van der Waals surface area (Å²) in [6, 6.07) is 8.04. The molecule has 5 atom stereocenters. The lowest BCUT2D eigenvalue weighted by Gasteiger charge is -2.57. The molecule has 0 unspecified atom stereocenters. The van der Waals surface area contributed by atoms with Gasteiger partial charge >= 0.3 is 5.97 Å². The van der Waals surface area contributed by atoms with Gasteiger partial charge in [0.15, 0.2) is 0 Å². The third-order valence-electron chi connectivity index (χ3n) is 4.96. The highest BCUT2D eigenvalue weighted by molar-refractivity contribution is 7.89. The molecule has 4 saturated heterocycles. The summed E-state index contributed by atoms with van der Waals surface area (Å²) in [6.07, 6.45) is 1.24. The summed E-state index contributed by atoms with van der Waals surface area (Å²) >= 11 is 0. The average Bonchev–Trinajstić information content (AvgIpc) is 2.51. The molecular formula is C16H19NO5S. The molecule has 4 bridgehead atoms. The highest BCUT2D eigenvalue weighted by Gasteiger charge is 2.58. The van der Waals surface area contributed by atoms with Gasteiger partial charge in [-0.2, -0.15) is 4.31 Å². The lowest BCUT2D eigenvalue weighted by Crippen LogP contribution is -2.70. The molecule has 4 fully saturated rings. The van der Waals surface area contributed by atoms with Crippen molar-refractivity contribution in [2.24, 2.45) is 0 Å². The second kappa shape index (κ2) is 5.29. The first-order valence-corrected chi connectivity index (χ1v) is 9.32. The number of carbonyl (C=O) groups is 1. The average molecular weight is 337 g/mol. The van der Waals surface area contributed by atoms with Crippen LogP contribution in [0.15, 0.2) is 35.2 Å². The molecule has 0 N–H and O–H groups in total. The minimum absolute atomic E-state index is 0.0674. The van der Waals surface area contributed by atoms with Crippen LogP contribution >= 0.6 is 0 Å². The fourth-order valence-corrected chi connectivity index (χ4v) is 6.07. The van der Waals surface area contributed by atoms with Gasteiger partial charge in [-0.1, -0.05) is 18.2 Å². The van der Waals surface area contributed by atoms with Gasteiger partial charge in [-0.05, 0) is 31.4 Å². The number of benzene rings is 1. The number of hydrogen-bond acceptors (Lipinski definition) is 5. The Morgan fingerprint density at radius 2 is 1.96 bits per heavy atom. The third kappa shape index (κ3) is 2.38. The van der Waals surface area contributed by atoms with Crippen LogP contribution in [0.3, 0.4) is 0 Å². The van der Waals surface area contributed by atoms with E-state index in [4.69, 9.17) is 9.47 Å². The molecule has 1 aromatic carbocycles. The smallest absolute Gasteiger partial charge is 0.303 e. The van der Waals surface area contributed by atoms with Crippen molar-refractivity contribution < 1.29 is 22.7 Å². The molecule has 7 heteroatoms. The van der Waals surface area contributed by atoms with Crippen LogP contribution in [0.25, 0.3) is 0 Å². The Morgan fingerprint density at radius 1 is 1.22 bits per heavy atom. The summed E-state index contributed by atoms with van der Waals surface area (Å²) in [5.41, 5.74) is 0. The number of carbonyl (C=O) groups excluding carboxylic acids is 1. The predicted molar refractivity (Wildman–Crippen MR) is 81.1 cm³/mol. The van der Waals surface area contributed by atoms with Gasteiger partial charge in [-0.25, -0.2) is 8.42 Å². The van der Waals surface area contributed by atoms with E-state index in [0.717, 1.165) is 0 Å². The number of hydrogen-bond donors (Lipinski definition) is 0. The van der Waals surface area contributed by atoms with Crippen molar-refractivity contribution in [1.82, 2.24) is 4.31 Å². The molecule has 1 aromatic rings. The molecule has 0 amide bonds. The fraction of sp³-hybridized carbons (Fsp3) is 0.562. The second-order valence-electron chi connectivity index (χ2n) is 6.45. The maximum atomic E-state index is 13.1. The summed E-state index contributed by atoms with van der Waals surface area (Å²) < 4.78 is 39.1. The zero-order valence-corrected chi connectivity index (χ0v) is 13.6. The summed E-state index contributed by atoms with van der Waals surface area (Å²) in [4.78, 5) is 11.7. The molecule has 4 aliphatic rings. The molecule has 6 nitrogen and oxygen atoms in total. The molecule has 5 rings (SSSR count). The zero-order chi connectivity index (χ0) is 16.2. The quantitative estimate of drug-likeness (QED) is 0.778. The Hall–Kier alpha value is -1.44. The third-order valence-corrected chi connectivity index (χ3v) is 6.96.